The van der Waals surface area contributed by atoms with Crippen LogP contribution in [-0.4, -0.2) is 12.4 Å². The molecule has 3 rings (SSSR count). The van der Waals surface area contributed by atoms with Gasteiger partial charge in [-0.15, -0.1) is 0 Å². The summed E-state index contributed by atoms with van der Waals surface area (Å²) in [4.78, 5) is 4.35. The van der Waals surface area contributed by atoms with Gasteiger partial charge in [0.2, 0.25) is 0 Å². The number of nitrogens with one attached hydrogen (secondary N) is 1. The van der Waals surface area contributed by atoms with E-state index in [1.807, 2.05) is 0 Å². The fourth-order valence-corrected chi connectivity index (χ4v) is 2.94. The van der Waals surface area contributed by atoms with Crippen LogP contribution in [0, 0.1) is 0 Å². The minimum absolute atomic E-state index is 0.526. The molecule has 0 saturated carbocycles. The van der Waals surface area contributed by atoms with Crippen molar-refractivity contribution < 1.29 is 0 Å². The molecule has 0 aromatic heterocycles. The normalized spacial score (nSPS) is 16.7. The maximum absolute atomic E-state index is 6.18. The molecule has 4 nitrogen and oxygen atoms in total. The van der Waals surface area contributed by atoms with Gasteiger partial charge in [0.1, 0.15) is 17.2 Å². The van der Waals surface area contributed by atoms with Crippen molar-refractivity contribution in [2.24, 2.45) is 13.7 Å². The molecule has 0 saturated heterocycles. The van der Waals surface area contributed by atoms with Gasteiger partial charge >= 0.3 is 0 Å². The van der Waals surface area contributed by atoms with E-state index in [1.54, 1.807) is 6.07 Å². The van der Waals surface area contributed by atoms with Crippen LogP contribution < -0.4 is 5.32 Å². The van der Waals surface area contributed by atoms with Gasteiger partial charge in [-0.25, -0.2) is 0 Å². The van der Waals surface area contributed by atoms with Crippen LogP contribution in [0.5, 0.6) is 0 Å². The summed E-state index contributed by atoms with van der Waals surface area (Å²) in [5.41, 5.74) is 2.14. The van der Waals surface area contributed by atoms with Crippen LogP contribution in [0.2, 0.25) is 10.0 Å². The summed E-state index contributed by atoms with van der Waals surface area (Å²) in [6.45, 7) is 0.867. The van der Waals surface area contributed by atoms with Crippen molar-refractivity contribution in [2.45, 2.75) is 12.8 Å². The number of nitrogens with zero attached hydrogens (tertiary/aromatic N) is 3. The van der Waals surface area contributed by atoms with Gasteiger partial charge in [-0.3, -0.25) is 4.99 Å². The third-order valence-corrected chi connectivity index (χ3v) is 3.70. The van der Waals surface area contributed by atoms with Crippen molar-refractivity contribution in [3.63, 3.8) is 0 Å². The minimum Gasteiger partial charge on any atom is -0.341 e. The van der Waals surface area contributed by atoms with Gasteiger partial charge in [-0.05, 0) is 12.5 Å². The molecule has 0 spiro atoms. The lowest BCUT2D eigenvalue weighted by molar-refractivity contribution is 0.951. The second-order valence-corrected chi connectivity index (χ2v) is 5.08. The summed E-state index contributed by atoms with van der Waals surface area (Å²) in [5.74, 6) is 0.948. The highest BCUT2D eigenvalue weighted by molar-refractivity contribution is 7.58. The molecule has 88 valence electrons. The van der Waals surface area contributed by atoms with Crippen molar-refractivity contribution in [3.05, 3.63) is 16.1 Å². The van der Waals surface area contributed by atoms with E-state index < -0.39 is 0 Å². The van der Waals surface area contributed by atoms with Gasteiger partial charge in [0, 0.05) is 13.0 Å². The summed E-state index contributed by atoms with van der Waals surface area (Å²) in [6, 6.07) is 1.69. The zero-order chi connectivity index (χ0) is 11.8. The number of fused-ring (bicyclic) bond motifs is 1. The van der Waals surface area contributed by atoms with Gasteiger partial charge in [-0.1, -0.05) is 23.2 Å². The molecule has 1 aromatic carbocycles. The molecule has 0 unspecified atom stereocenters. The fraction of sp³-hybridized carbons (Fsp3) is 0.300. The number of aliphatic imine (C=N–C) groups is 1. The average Bonchev–Trinajstić information content (AvgIpc) is 2.95. The molecule has 0 aliphatic carbocycles. The number of amidine groups is 1. The molecule has 0 atom stereocenters. The van der Waals surface area contributed by atoms with Crippen molar-refractivity contribution in [1.29, 1.82) is 0 Å². The molecular formula is C10H8Cl2N4S. The Kier molecular flexibility index (Phi) is 2.90. The Morgan fingerprint density at radius 2 is 2.00 bits per heavy atom. The predicted molar refractivity (Wildman–Crippen MR) is 73.2 cm³/mol. The lowest BCUT2D eigenvalue weighted by Gasteiger charge is -2.11. The molecule has 1 aromatic rings. The maximum Gasteiger partial charge on any atom is 0.131 e. The van der Waals surface area contributed by atoms with Gasteiger partial charge in [-0.2, -0.15) is 8.73 Å². The van der Waals surface area contributed by atoms with E-state index in [0.717, 1.165) is 42.3 Å². The summed E-state index contributed by atoms with van der Waals surface area (Å²) >= 11 is 13.4. The quantitative estimate of drug-likeness (QED) is 0.834. The number of halogens is 2. The predicted octanol–water partition coefficient (Wildman–Crippen LogP) is 4.32. The SMILES string of the molecule is Clc1cc(Cl)c(NC2=NCCC2)c2c1N=S=N2. The van der Waals surface area contributed by atoms with Crippen LogP contribution in [0.15, 0.2) is 19.8 Å². The number of hydrogen-bond acceptors (Lipinski definition) is 4. The largest absolute Gasteiger partial charge is 0.341 e. The second-order valence-electron chi connectivity index (χ2n) is 3.73. The number of rotatable bonds is 1. The zero-order valence-electron chi connectivity index (χ0n) is 8.70. The van der Waals surface area contributed by atoms with Gasteiger partial charge < -0.3 is 5.32 Å². The lowest BCUT2D eigenvalue weighted by atomic mass is 10.2. The summed E-state index contributed by atoms with van der Waals surface area (Å²) in [5, 5.41) is 4.30. The molecule has 0 fully saturated rings. The highest BCUT2D eigenvalue weighted by Crippen LogP contribution is 2.47. The maximum atomic E-state index is 6.18. The summed E-state index contributed by atoms with van der Waals surface area (Å²) in [7, 11) is 0. The number of hydrogen-bond donors (Lipinski definition) is 1. The lowest BCUT2D eigenvalue weighted by Crippen LogP contribution is -2.08. The van der Waals surface area contributed by atoms with E-state index in [-0.39, 0.29) is 0 Å². The van der Waals surface area contributed by atoms with Crippen LogP contribution in [0.1, 0.15) is 12.8 Å². The fourth-order valence-electron chi connectivity index (χ4n) is 1.78. The van der Waals surface area contributed by atoms with Crippen LogP contribution in [-0.2, 0) is 11.4 Å². The van der Waals surface area contributed by atoms with Crippen LogP contribution in [0.3, 0.4) is 0 Å². The Hall–Kier alpha value is -0.910. The first-order valence-corrected chi connectivity index (χ1v) is 6.65. The molecule has 2 aliphatic heterocycles. The summed E-state index contributed by atoms with van der Waals surface area (Å²) in [6.07, 6.45) is 2.02. The molecule has 0 radical (unpaired) electrons. The molecule has 1 N–H and O–H groups in total. The van der Waals surface area contributed by atoms with Gasteiger partial charge in [0.25, 0.3) is 0 Å². The molecular weight excluding hydrogens is 279 g/mol. The van der Waals surface area contributed by atoms with E-state index in [2.05, 4.69) is 19.0 Å². The van der Waals surface area contributed by atoms with E-state index in [9.17, 15) is 0 Å². The molecule has 7 heteroatoms. The number of anilines is 1. The number of benzene rings is 1. The molecule has 2 heterocycles. The molecule has 2 aliphatic rings. The third-order valence-electron chi connectivity index (χ3n) is 2.59. The molecule has 17 heavy (non-hydrogen) atoms. The second kappa shape index (κ2) is 4.40. The van der Waals surface area contributed by atoms with Crippen LogP contribution >= 0.6 is 23.2 Å². The third kappa shape index (κ3) is 1.99. The average molecular weight is 287 g/mol. The first-order chi connectivity index (χ1) is 8.25. The Labute approximate surface area is 112 Å². The molecule has 0 bridgehead atoms. The molecule has 0 amide bonds. The van der Waals surface area contributed by atoms with Gasteiger partial charge in [0.15, 0.2) is 0 Å². The summed E-state index contributed by atoms with van der Waals surface area (Å²) < 4.78 is 8.38. The van der Waals surface area contributed by atoms with E-state index >= 15 is 0 Å². The smallest absolute Gasteiger partial charge is 0.131 e. The monoisotopic (exact) mass is 286 g/mol. The van der Waals surface area contributed by atoms with E-state index in [4.69, 9.17) is 23.2 Å². The Balaban J connectivity index is 2.05. The highest BCUT2D eigenvalue weighted by Gasteiger charge is 2.20. The first-order valence-electron chi connectivity index (χ1n) is 5.16. The zero-order valence-corrected chi connectivity index (χ0v) is 11.0. The van der Waals surface area contributed by atoms with Crippen molar-refractivity contribution in [2.75, 3.05) is 11.9 Å². The first kappa shape index (κ1) is 11.2. The van der Waals surface area contributed by atoms with Crippen molar-refractivity contribution in [1.82, 2.24) is 0 Å². The van der Waals surface area contributed by atoms with Crippen LogP contribution in [0.4, 0.5) is 17.1 Å². The Bertz CT molecular complexity index is 590. The highest BCUT2D eigenvalue weighted by atomic mass is 35.5. The Morgan fingerprint density at radius 3 is 2.76 bits per heavy atom. The van der Waals surface area contributed by atoms with Crippen molar-refractivity contribution in [3.8, 4) is 0 Å². The minimum atomic E-state index is 0.526. The van der Waals surface area contributed by atoms with Crippen molar-refractivity contribution >= 4 is 57.5 Å². The van der Waals surface area contributed by atoms with E-state index in [1.165, 1.54) is 0 Å². The van der Waals surface area contributed by atoms with Crippen LogP contribution in [0.25, 0.3) is 0 Å². The topological polar surface area (TPSA) is 49.1 Å². The van der Waals surface area contributed by atoms with Gasteiger partial charge in [0.05, 0.1) is 27.1 Å². The standard InChI is InChI=1S/C10H8Cl2N4S/c11-5-4-6(12)9-10(16-17-15-9)8(5)14-7-2-1-3-13-7/h4H,1-3H2,(H,13,14). The van der Waals surface area contributed by atoms with E-state index in [0.29, 0.717) is 21.4 Å². The Morgan fingerprint density at radius 1 is 1.18 bits per heavy atom.